The molecule has 2 atom stereocenters. The summed E-state index contributed by atoms with van der Waals surface area (Å²) in [5, 5.41) is 3.44. The maximum atomic E-state index is 3.44. The molecule has 84 valence electrons. The van der Waals surface area contributed by atoms with Gasteiger partial charge >= 0.3 is 0 Å². The molecule has 0 aromatic heterocycles. The number of piperazine rings is 1. The first-order chi connectivity index (χ1) is 6.75. The van der Waals surface area contributed by atoms with E-state index in [1.807, 2.05) is 0 Å². The van der Waals surface area contributed by atoms with Crippen LogP contribution < -0.4 is 5.32 Å². The molecular formula is C12H26N2. The Morgan fingerprint density at radius 3 is 2.86 bits per heavy atom. The molecule has 0 aromatic rings. The average Bonchev–Trinajstić information content (AvgIpc) is 2.18. The number of hydrogen-bond acceptors (Lipinski definition) is 2. The molecule has 2 nitrogen and oxygen atoms in total. The monoisotopic (exact) mass is 198 g/mol. The molecule has 2 heteroatoms. The Balaban J connectivity index is 2.23. The van der Waals surface area contributed by atoms with Crippen LogP contribution in [0.3, 0.4) is 0 Å². The Morgan fingerprint density at radius 1 is 1.43 bits per heavy atom. The fourth-order valence-corrected chi connectivity index (χ4v) is 2.37. The second-order valence-electron chi connectivity index (χ2n) is 4.64. The summed E-state index contributed by atoms with van der Waals surface area (Å²) in [6.45, 7) is 10.6. The molecular weight excluding hydrogens is 172 g/mol. The molecule has 0 radical (unpaired) electrons. The lowest BCUT2D eigenvalue weighted by molar-refractivity contribution is 0.118. The van der Waals surface area contributed by atoms with Gasteiger partial charge in [0.1, 0.15) is 0 Å². The van der Waals surface area contributed by atoms with Crippen LogP contribution in [0.1, 0.15) is 46.5 Å². The fourth-order valence-electron chi connectivity index (χ4n) is 2.37. The molecule has 0 aliphatic carbocycles. The largest absolute Gasteiger partial charge is 0.314 e. The van der Waals surface area contributed by atoms with Gasteiger partial charge in [0.05, 0.1) is 0 Å². The Hall–Kier alpha value is -0.0800. The highest BCUT2D eigenvalue weighted by Crippen LogP contribution is 2.13. The van der Waals surface area contributed by atoms with Gasteiger partial charge in [-0.2, -0.15) is 0 Å². The summed E-state index contributed by atoms with van der Waals surface area (Å²) in [6.07, 6.45) is 5.50. The van der Waals surface area contributed by atoms with Crippen molar-refractivity contribution < 1.29 is 0 Å². The standard InChI is InChI=1S/C12H26N2/c1-4-5-6-7-11(2)14-9-8-13-10-12(14)3/h11-13H,4-10H2,1-3H3/t11-,12+/m1/s1. The van der Waals surface area contributed by atoms with E-state index in [1.54, 1.807) is 0 Å². The molecule has 0 unspecified atom stereocenters. The van der Waals surface area contributed by atoms with E-state index >= 15 is 0 Å². The number of unbranched alkanes of at least 4 members (excludes halogenated alkanes) is 2. The topological polar surface area (TPSA) is 15.3 Å². The molecule has 1 aliphatic rings. The third kappa shape index (κ3) is 3.58. The predicted octanol–water partition coefficient (Wildman–Crippen LogP) is 2.25. The van der Waals surface area contributed by atoms with Gasteiger partial charge in [0.15, 0.2) is 0 Å². The first kappa shape index (κ1) is 12.0. The van der Waals surface area contributed by atoms with E-state index in [2.05, 4.69) is 31.0 Å². The number of rotatable bonds is 5. The first-order valence-electron chi connectivity index (χ1n) is 6.22. The summed E-state index contributed by atoms with van der Waals surface area (Å²) in [7, 11) is 0. The minimum absolute atomic E-state index is 0.723. The Bertz CT molecular complexity index is 147. The zero-order valence-corrected chi connectivity index (χ0v) is 10.1. The molecule has 1 heterocycles. The van der Waals surface area contributed by atoms with E-state index in [-0.39, 0.29) is 0 Å². The van der Waals surface area contributed by atoms with Gasteiger partial charge < -0.3 is 5.32 Å². The molecule has 0 amide bonds. The highest BCUT2D eigenvalue weighted by Gasteiger charge is 2.21. The molecule has 1 saturated heterocycles. The Kier molecular flexibility index (Phi) is 5.49. The Labute approximate surface area is 89.1 Å². The third-order valence-electron chi connectivity index (χ3n) is 3.34. The zero-order chi connectivity index (χ0) is 10.4. The third-order valence-corrected chi connectivity index (χ3v) is 3.34. The summed E-state index contributed by atoms with van der Waals surface area (Å²) >= 11 is 0. The van der Waals surface area contributed by atoms with Crippen LogP contribution in [0.15, 0.2) is 0 Å². The van der Waals surface area contributed by atoms with Gasteiger partial charge in [-0.25, -0.2) is 0 Å². The van der Waals surface area contributed by atoms with Gasteiger partial charge in [-0.05, 0) is 20.3 Å². The van der Waals surface area contributed by atoms with Crippen LogP contribution in [0.2, 0.25) is 0 Å². The molecule has 1 N–H and O–H groups in total. The van der Waals surface area contributed by atoms with Crippen molar-refractivity contribution in [2.45, 2.75) is 58.5 Å². The van der Waals surface area contributed by atoms with Crippen LogP contribution in [-0.2, 0) is 0 Å². The van der Waals surface area contributed by atoms with E-state index < -0.39 is 0 Å². The van der Waals surface area contributed by atoms with E-state index in [1.165, 1.54) is 38.8 Å². The molecule has 0 saturated carbocycles. The molecule has 1 rings (SSSR count). The minimum atomic E-state index is 0.723. The maximum Gasteiger partial charge on any atom is 0.0195 e. The highest BCUT2D eigenvalue weighted by molar-refractivity contribution is 4.80. The van der Waals surface area contributed by atoms with Gasteiger partial charge in [0.25, 0.3) is 0 Å². The summed E-state index contributed by atoms with van der Waals surface area (Å²) in [5.41, 5.74) is 0. The van der Waals surface area contributed by atoms with Crippen molar-refractivity contribution in [2.75, 3.05) is 19.6 Å². The second-order valence-corrected chi connectivity index (χ2v) is 4.64. The van der Waals surface area contributed by atoms with Crippen LogP contribution in [0.25, 0.3) is 0 Å². The predicted molar refractivity (Wildman–Crippen MR) is 62.6 cm³/mol. The normalized spacial score (nSPS) is 26.4. The van der Waals surface area contributed by atoms with Crippen LogP contribution in [0.5, 0.6) is 0 Å². The molecule has 14 heavy (non-hydrogen) atoms. The van der Waals surface area contributed by atoms with E-state index in [4.69, 9.17) is 0 Å². The fraction of sp³-hybridized carbons (Fsp3) is 1.00. The van der Waals surface area contributed by atoms with Crippen molar-refractivity contribution in [3.8, 4) is 0 Å². The van der Waals surface area contributed by atoms with Crippen LogP contribution >= 0.6 is 0 Å². The summed E-state index contributed by atoms with van der Waals surface area (Å²) in [6, 6.07) is 1.50. The zero-order valence-electron chi connectivity index (χ0n) is 10.1. The van der Waals surface area contributed by atoms with Gasteiger partial charge in [-0.15, -0.1) is 0 Å². The molecule has 1 aliphatic heterocycles. The quantitative estimate of drug-likeness (QED) is 0.682. The first-order valence-corrected chi connectivity index (χ1v) is 6.22. The van der Waals surface area contributed by atoms with Crippen LogP contribution in [0, 0.1) is 0 Å². The smallest absolute Gasteiger partial charge is 0.0195 e. The number of nitrogens with one attached hydrogen (secondary N) is 1. The lowest BCUT2D eigenvalue weighted by atomic mass is 10.1. The molecule has 0 aromatic carbocycles. The maximum absolute atomic E-state index is 3.44. The number of hydrogen-bond donors (Lipinski definition) is 1. The van der Waals surface area contributed by atoms with Gasteiger partial charge in [0.2, 0.25) is 0 Å². The van der Waals surface area contributed by atoms with E-state index in [0.717, 1.165) is 18.6 Å². The second kappa shape index (κ2) is 6.41. The lowest BCUT2D eigenvalue weighted by Gasteiger charge is -2.38. The van der Waals surface area contributed by atoms with Crippen LogP contribution in [0.4, 0.5) is 0 Å². The average molecular weight is 198 g/mol. The van der Waals surface area contributed by atoms with E-state index in [0.29, 0.717) is 0 Å². The molecule has 0 spiro atoms. The highest BCUT2D eigenvalue weighted by atomic mass is 15.2. The molecule has 0 bridgehead atoms. The van der Waals surface area contributed by atoms with Gasteiger partial charge in [-0.1, -0.05) is 26.2 Å². The van der Waals surface area contributed by atoms with E-state index in [9.17, 15) is 0 Å². The van der Waals surface area contributed by atoms with Crippen molar-refractivity contribution in [1.29, 1.82) is 0 Å². The summed E-state index contributed by atoms with van der Waals surface area (Å²) < 4.78 is 0. The van der Waals surface area contributed by atoms with Gasteiger partial charge in [0, 0.05) is 31.7 Å². The summed E-state index contributed by atoms with van der Waals surface area (Å²) in [5.74, 6) is 0. The SMILES string of the molecule is CCCCC[C@@H](C)N1CCNC[C@@H]1C. The van der Waals surface area contributed by atoms with Crippen LogP contribution in [-0.4, -0.2) is 36.6 Å². The van der Waals surface area contributed by atoms with Gasteiger partial charge in [-0.3, -0.25) is 4.90 Å². The molecule has 1 fully saturated rings. The summed E-state index contributed by atoms with van der Waals surface area (Å²) in [4.78, 5) is 2.66. The lowest BCUT2D eigenvalue weighted by Crippen LogP contribution is -2.53. The Morgan fingerprint density at radius 2 is 2.21 bits per heavy atom. The van der Waals surface area contributed by atoms with Crippen molar-refractivity contribution >= 4 is 0 Å². The van der Waals surface area contributed by atoms with Crippen molar-refractivity contribution in [3.63, 3.8) is 0 Å². The van der Waals surface area contributed by atoms with Crippen molar-refractivity contribution in [2.24, 2.45) is 0 Å². The van der Waals surface area contributed by atoms with Crippen molar-refractivity contribution in [3.05, 3.63) is 0 Å². The van der Waals surface area contributed by atoms with Crippen molar-refractivity contribution in [1.82, 2.24) is 10.2 Å². The number of nitrogens with zero attached hydrogens (tertiary/aromatic N) is 1. The minimum Gasteiger partial charge on any atom is -0.314 e.